The van der Waals surface area contributed by atoms with Crippen LogP contribution in [0.4, 0.5) is 0 Å². The van der Waals surface area contributed by atoms with E-state index >= 15 is 0 Å². The first-order chi connectivity index (χ1) is 13.5. The van der Waals surface area contributed by atoms with E-state index in [0.29, 0.717) is 13.1 Å². The fourth-order valence-electron chi connectivity index (χ4n) is 3.34. The maximum absolute atomic E-state index is 13.4. The second kappa shape index (κ2) is 12.3. The Labute approximate surface area is 191 Å². The van der Waals surface area contributed by atoms with Crippen molar-refractivity contribution >= 4 is 30.7 Å². The summed E-state index contributed by atoms with van der Waals surface area (Å²) in [6, 6.07) is 23.4. The predicted octanol–water partition coefficient (Wildman–Crippen LogP) is 5.10. The lowest BCUT2D eigenvalue weighted by atomic mass is 9.94. The zero-order valence-electron chi connectivity index (χ0n) is 17.3. The molecule has 0 bridgehead atoms. The smallest absolute Gasteiger partial charge is 0.227 e. The van der Waals surface area contributed by atoms with Gasteiger partial charge in [0.05, 0.1) is 18.2 Å². The van der Waals surface area contributed by atoms with Gasteiger partial charge in [0.1, 0.15) is 0 Å². The molecule has 0 aliphatic heterocycles. The lowest BCUT2D eigenvalue weighted by Crippen LogP contribution is -2.38. The molecule has 4 nitrogen and oxygen atoms in total. The van der Waals surface area contributed by atoms with E-state index in [1.165, 1.54) is 5.56 Å². The molecule has 0 spiro atoms. The summed E-state index contributed by atoms with van der Waals surface area (Å²) >= 11 is 0. The summed E-state index contributed by atoms with van der Waals surface area (Å²) in [5.41, 5.74) is 10.5. The number of benzene rings is 2. The number of hydrogen-bond acceptors (Lipinski definition) is 3. The van der Waals surface area contributed by atoms with Gasteiger partial charge in [-0.15, -0.1) is 24.8 Å². The third-order valence-electron chi connectivity index (χ3n) is 4.96. The van der Waals surface area contributed by atoms with Gasteiger partial charge in [-0.3, -0.25) is 9.78 Å². The average molecular weight is 446 g/mol. The van der Waals surface area contributed by atoms with Crippen molar-refractivity contribution in [2.24, 2.45) is 11.7 Å². The van der Waals surface area contributed by atoms with Crippen LogP contribution in [-0.2, 0) is 17.9 Å². The molecule has 0 saturated carbocycles. The highest BCUT2D eigenvalue weighted by atomic mass is 35.5. The average Bonchev–Trinajstić information content (AvgIpc) is 2.73. The predicted molar refractivity (Wildman–Crippen MR) is 127 cm³/mol. The molecule has 2 aromatic carbocycles. The van der Waals surface area contributed by atoms with Crippen LogP contribution >= 0.6 is 24.8 Å². The third-order valence-corrected chi connectivity index (χ3v) is 4.96. The Hall–Kier alpha value is -2.40. The molecule has 1 amide bonds. The highest BCUT2D eigenvalue weighted by molar-refractivity contribution is 5.85. The van der Waals surface area contributed by atoms with Crippen molar-refractivity contribution < 1.29 is 4.79 Å². The van der Waals surface area contributed by atoms with Crippen LogP contribution < -0.4 is 5.73 Å². The fourth-order valence-corrected chi connectivity index (χ4v) is 3.34. The first-order valence-electron chi connectivity index (χ1n) is 9.59. The SMILES string of the molecule is Cc1cccc(CN(Cc2ccccn2)C(=O)C(C)C(N)c2ccccc2)c1.Cl.Cl. The van der Waals surface area contributed by atoms with Crippen molar-refractivity contribution in [2.75, 3.05) is 0 Å². The van der Waals surface area contributed by atoms with Crippen molar-refractivity contribution in [3.8, 4) is 0 Å². The van der Waals surface area contributed by atoms with Gasteiger partial charge in [-0.1, -0.05) is 73.2 Å². The van der Waals surface area contributed by atoms with Crippen LogP contribution in [-0.4, -0.2) is 15.8 Å². The Kier molecular flexibility index (Phi) is 10.5. The largest absolute Gasteiger partial charge is 0.332 e. The molecular formula is C24H29Cl2N3O. The van der Waals surface area contributed by atoms with E-state index in [1.54, 1.807) is 6.20 Å². The van der Waals surface area contributed by atoms with Crippen LogP contribution in [0.3, 0.4) is 0 Å². The number of amides is 1. The molecule has 3 rings (SSSR count). The summed E-state index contributed by atoms with van der Waals surface area (Å²) in [5, 5.41) is 0. The van der Waals surface area contributed by atoms with Gasteiger partial charge in [0.2, 0.25) is 5.91 Å². The van der Waals surface area contributed by atoms with Gasteiger partial charge in [0.15, 0.2) is 0 Å². The molecule has 2 atom stereocenters. The lowest BCUT2D eigenvalue weighted by molar-refractivity contribution is -0.137. The number of aromatic nitrogens is 1. The minimum atomic E-state index is -0.350. The van der Waals surface area contributed by atoms with Gasteiger partial charge in [0, 0.05) is 18.8 Å². The summed E-state index contributed by atoms with van der Waals surface area (Å²) in [6.45, 7) is 4.95. The van der Waals surface area contributed by atoms with E-state index in [0.717, 1.165) is 16.8 Å². The number of rotatable bonds is 7. The number of pyridine rings is 1. The lowest BCUT2D eigenvalue weighted by Gasteiger charge is -2.29. The molecule has 0 saturated heterocycles. The highest BCUT2D eigenvalue weighted by Gasteiger charge is 2.27. The van der Waals surface area contributed by atoms with Gasteiger partial charge in [-0.25, -0.2) is 0 Å². The molecule has 2 unspecified atom stereocenters. The molecule has 6 heteroatoms. The van der Waals surface area contributed by atoms with Crippen molar-refractivity contribution in [3.63, 3.8) is 0 Å². The number of halogens is 2. The summed E-state index contributed by atoms with van der Waals surface area (Å²) in [7, 11) is 0. The zero-order valence-corrected chi connectivity index (χ0v) is 18.9. The minimum absolute atomic E-state index is 0. The van der Waals surface area contributed by atoms with Gasteiger partial charge >= 0.3 is 0 Å². The molecule has 30 heavy (non-hydrogen) atoms. The number of carbonyl (C=O) groups excluding carboxylic acids is 1. The van der Waals surface area contributed by atoms with E-state index in [2.05, 4.69) is 24.0 Å². The fraction of sp³-hybridized carbons (Fsp3) is 0.250. The Balaban J connectivity index is 0.00000225. The summed E-state index contributed by atoms with van der Waals surface area (Å²) < 4.78 is 0. The second-order valence-corrected chi connectivity index (χ2v) is 7.23. The summed E-state index contributed by atoms with van der Waals surface area (Å²) in [6.07, 6.45) is 1.75. The monoisotopic (exact) mass is 445 g/mol. The van der Waals surface area contributed by atoms with Gasteiger partial charge in [0.25, 0.3) is 0 Å². The normalized spacial score (nSPS) is 12.1. The molecule has 1 heterocycles. The Morgan fingerprint density at radius 1 is 0.967 bits per heavy atom. The zero-order chi connectivity index (χ0) is 19.9. The molecule has 1 aromatic heterocycles. The second-order valence-electron chi connectivity index (χ2n) is 7.23. The highest BCUT2D eigenvalue weighted by Crippen LogP contribution is 2.23. The number of nitrogens with zero attached hydrogens (tertiary/aromatic N) is 2. The number of aryl methyl sites for hydroxylation is 1. The van der Waals surface area contributed by atoms with Crippen molar-refractivity contribution in [2.45, 2.75) is 33.0 Å². The number of hydrogen-bond donors (Lipinski definition) is 1. The molecule has 0 fully saturated rings. The van der Waals surface area contributed by atoms with Crippen LogP contribution in [0.2, 0.25) is 0 Å². The van der Waals surface area contributed by atoms with Crippen molar-refractivity contribution in [1.82, 2.24) is 9.88 Å². The van der Waals surface area contributed by atoms with Crippen LogP contribution in [0.5, 0.6) is 0 Å². The standard InChI is InChI=1S/C24H27N3O.2ClH/c1-18-9-8-10-20(15-18)16-27(17-22-13-6-7-14-26-22)24(28)19(2)23(25)21-11-4-3-5-12-21;;/h3-15,19,23H,16-17,25H2,1-2H3;2*1H. The third kappa shape index (κ3) is 6.84. The van der Waals surface area contributed by atoms with Crippen LogP contribution in [0.15, 0.2) is 79.0 Å². The van der Waals surface area contributed by atoms with Crippen molar-refractivity contribution in [1.29, 1.82) is 0 Å². The topological polar surface area (TPSA) is 59.2 Å². The number of carbonyl (C=O) groups is 1. The van der Waals surface area contributed by atoms with Crippen LogP contribution in [0.1, 0.15) is 35.3 Å². The Bertz CT molecular complexity index is 907. The first kappa shape index (κ1) is 25.6. The van der Waals surface area contributed by atoms with E-state index in [9.17, 15) is 4.79 Å². The van der Waals surface area contributed by atoms with Gasteiger partial charge < -0.3 is 10.6 Å². The van der Waals surface area contributed by atoms with E-state index in [1.807, 2.05) is 72.5 Å². The van der Waals surface area contributed by atoms with E-state index < -0.39 is 0 Å². The number of nitrogens with two attached hydrogens (primary N) is 1. The van der Waals surface area contributed by atoms with Crippen LogP contribution in [0.25, 0.3) is 0 Å². The van der Waals surface area contributed by atoms with E-state index in [4.69, 9.17) is 5.73 Å². The Morgan fingerprint density at radius 3 is 2.30 bits per heavy atom. The maximum atomic E-state index is 13.4. The summed E-state index contributed by atoms with van der Waals surface area (Å²) in [4.78, 5) is 19.6. The van der Waals surface area contributed by atoms with Crippen LogP contribution in [0, 0.1) is 12.8 Å². The molecular weight excluding hydrogens is 417 g/mol. The first-order valence-corrected chi connectivity index (χ1v) is 9.59. The van der Waals surface area contributed by atoms with Gasteiger partial charge in [-0.2, -0.15) is 0 Å². The molecule has 160 valence electrons. The quantitative estimate of drug-likeness (QED) is 0.550. The maximum Gasteiger partial charge on any atom is 0.227 e. The summed E-state index contributed by atoms with van der Waals surface area (Å²) in [5.74, 6) is -0.306. The van der Waals surface area contributed by atoms with Crippen molar-refractivity contribution in [3.05, 3.63) is 101 Å². The minimum Gasteiger partial charge on any atom is -0.332 e. The van der Waals surface area contributed by atoms with E-state index in [-0.39, 0.29) is 42.7 Å². The molecule has 3 aromatic rings. The van der Waals surface area contributed by atoms with Gasteiger partial charge in [-0.05, 0) is 30.2 Å². The Morgan fingerprint density at radius 2 is 1.67 bits per heavy atom. The molecule has 2 N–H and O–H groups in total. The molecule has 0 radical (unpaired) electrons. The molecule has 0 aliphatic carbocycles. The molecule has 0 aliphatic rings.